The van der Waals surface area contributed by atoms with E-state index in [4.69, 9.17) is 9.47 Å². The van der Waals surface area contributed by atoms with E-state index in [0.29, 0.717) is 37.3 Å². The van der Waals surface area contributed by atoms with E-state index in [9.17, 15) is 13.2 Å². The molecular weight excluding hydrogens is 588 g/mol. The second kappa shape index (κ2) is 12.7. The summed E-state index contributed by atoms with van der Waals surface area (Å²) >= 11 is 0. The summed E-state index contributed by atoms with van der Waals surface area (Å²) in [7, 11) is -4.12. The number of carbonyl (C=O) groups is 1. The number of anilines is 1. The molecule has 1 N–H and O–H groups in total. The Hall–Kier alpha value is -3.50. The maximum absolute atomic E-state index is 14.3. The van der Waals surface area contributed by atoms with Crippen molar-refractivity contribution in [1.29, 1.82) is 0 Å². The minimum Gasteiger partial charge on any atom is -0.475 e. The molecule has 242 valence electrons. The van der Waals surface area contributed by atoms with Crippen LogP contribution in [0.5, 0.6) is 5.88 Å². The third-order valence-corrected chi connectivity index (χ3v) is 9.90. The normalized spacial score (nSPS) is 21.5. The van der Waals surface area contributed by atoms with Crippen molar-refractivity contribution in [2.45, 2.75) is 91.2 Å². The lowest BCUT2D eigenvalue weighted by Crippen LogP contribution is -2.47. The van der Waals surface area contributed by atoms with Crippen molar-refractivity contribution in [3.63, 3.8) is 0 Å². The summed E-state index contributed by atoms with van der Waals surface area (Å²) in [5.41, 5.74) is 3.74. The molecule has 5 rings (SSSR count). The summed E-state index contributed by atoms with van der Waals surface area (Å²) in [6, 6.07) is 13.5. The van der Waals surface area contributed by atoms with Gasteiger partial charge >= 0.3 is 0 Å². The van der Waals surface area contributed by atoms with Gasteiger partial charge in [-0.3, -0.25) is 4.79 Å². The van der Waals surface area contributed by atoms with Crippen molar-refractivity contribution in [2.24, 2.45) is 10.8 Å². The molecule has 1 amide bonds. The molecule has 45 heavy (non-hydrogen) atoms. The summed E-state index contributed by atoms with van der Waals surface area (Å²) < 4.78 is 42.3. The van der Waals surface area contributed by atoms with Gasteiger partial charge in [-0.05, 0) is 79.7 Å². The second-order valence-corrected chi connectivity index (χ2v) is 16.2. The standard InChI is InChI=1S/C35H46N4O5S/c1-23-10-8-11-24(2)31(23)29-19-30-37-33(36-29)38-45(41,42)28-13-9-12-25(18-28)32(40)39(26(21-43-30)20-34(3,4)5)17-15-27-14-16-35(6,7)22-44-27/h8-13,18-19,26-27H,14-17,20-22H2,1-7H3,(H,36,37,38)/t26-,27?/m1/s1. The van der Waals surface area contributed by atoms with Crippen molar-refractivity contribution in [1.82, 2.24) is 14.9 Å². The van der Waals surface area contributed by atoms with Crippen LogP contribution in [-0.4, -0.2) is 61.1 Å². The van der Waals surface area contributed by atoms with Crippen LogP contribution in [0.15, 0.2) is 53.4 Å². The molecule has 0 saturated carbocycles. The van der Waals surface area contributed by atoms with Gasteiger partial charge in [-0.2, -0.15) is 4.98 Å². The van der Waals surface area contributed by atoms with Gasteiger partial charge in [-0.1, -0.05) is 58.9 Å². The highest BCUT2D eigenvalue weighted by Gasteiger charge is 2.33. The van der Waals surface area contributed by atoms with Crippen molar-refractivity contribution >= 4 is 21.9 Å². The Morgan fingerprint density at radius 3 is 2.42 bits per heavy atom. The Kier molecular flexibility index (Phi) is 9.29. The molecule has 10 heteroatoms. The smallest absolute Gasteiger partial charge is 0.264 e. The predicted octanol–water partition coefficient (Wildman–Crippen LogP) is 6.80. The molecule has 1 fully saturated rings. The van der Waals surface area contributed by atoms with Gasteiger partial charge in [0.15, 0.2) is 0 Å². The van der Waals surface area contributed by atoms with Gasteiger partial charge in [-0.25, -0.2) is 18.1 Å². The molecule has 9 nitrogen and oxygen atoms in total. The van der Waals surface area contributed by atoms with Crippen LogP contribution in [0.25, 0.3) is 11.3 Å². The zero-order chi connectivity index (χ0) is 32.6. The van der Waals surface area contributed by atoms with Crippen LogP contribution in [0.2, 0.25) is 0 Å². The van der Waals surface area contributed by atoms with Gasteiger partial charge < -0.3 is 14.4 Å². The Labute approximate surface area is 267 Å². The Morgan fingerprint density at radius 1 is 1.04 bits per heavy atom. The van der Waals surface area contributed by atoms with Gasteiger partial charge in [0.25, 0.3) is 15.9 Å². The Morgan fingerprint density at radius 2 is 1.76 bits per heavy atom. The summed E-state index contributed by atoms with van der Waals surface area (Å²) in [4.78, 5) is 25.2. The molecular formula is C35H46N4O5S. The average Bonchev–Trinajstić information content (AvgIpc) is 2.95. The number of carbonyl (C=O) groups excluding carboxylic acids is 1. The van der Waals surface area contributed by atoms with Crippen LogP contribution < -0.4 is 9.46 Å². The minimum atomic E-state index is -4.12. The number of rotatable bonds is 5. The maximum Gasteiger partial charge on any atom is 0.264 e. The molecule has 3 heterocycles. The van der Waals surface area contributed by atoms with Gasteiger partial charge in [-0.15, -0.1) is 0 Å². The molecule has 1 aromatic heterocycles. The first kappa shape index (κ1) is 32.9. The zero-order valence-corrected chi connectivity index (χ0v) is 28.3. The lowest BCUT2D eigenvalue weighted by Gasteiger charge is -2.38. The van der Waals surface area contributed by atoms with Crippen LogP contribution in [0, 0.1) is 24.7 Å². The van der Waals surface area contributed by atoms with E-state index in [1.807, 2.05) is 36.9 Å². The van der Waals surface area contributed by atoms with Gasteiger partial charge in [0, 0.05) is 23.7 Å². The minimum absolute atomic E-state index is 0.0405. The van der Waals surface area contributed by atoms with Crippen LogP contribution >= 0.6 is 0 Å². The molecule has 1 unspecified atom stereocenters. The number of nitrogens with zero attached hydrogens (tertiary/aromatic N) is 3. The predicted molar refractivity (Wildman–Crippen MR) is 176 cm³/mol. The van der Waals surface area contributed by atoms with Crippen LogP contribution in [0.4, 0.5) is 5.95 Å². The van der Waals surface area contributed by atoms with Crippen LogP contribution in [0.3, 0.4) is 0 Å². The first-order valence-electron chi connectivity index (χ1n) is 15.7. The molecule has 2 aliphatic rings. The second-order valence-electron chi connectivity index (χ2n) is 14.5. The number of amides is 1. The molecule has 2 aromatic carbocycles. The zero-order valence-electron chi connectivity index (χ0n) is 27.5. The molecule has 2 atom stereocenters. The number of nitrogens with one attached hydrogen (secondary N) is 1. The van der Waals surface area contributed by atoms with E-state index in [2.05, 4.69) is 49.3 Å². The summed E-state index contributed by atoms with van der Waals surface area (Å²) in [5.74, 6) is -0.104. The molecule has 3 aromatic rings. The average molecular weight is 635 g/mol. The van der Waals surface area contributed by atoms with E-state index < -0.39 is 10.0 Å². The molecule has 0 aliphatic carbocycles. The molecule has 1 saturated heterocycles. The number of fused-ring (bicyclic) bond motifs is 4. The summed E-state index contributed by atoms with van der Waals surface area (Å²) in [6.07, 6.45) is 3.38. The highest BCUT2D eigenvalue weighted by molar-refractivity contribution is 7.92. The fraction of sp³-hybridized carbons (Fsp3) is 0.514. The Bertz CT molecular complexity index is 1630. The van der Waals surface area contributed by atoms with Crippen molar-refractivity contribution in [3.8, 4) is 17.1 Å². The molecule has 2 aliphatic heterocycles. The molecule has 0 spiro atoms. The quantitative estimate of drug-likeness (QED) is 0.329. The van der Waals surface area contributed by atoms with Crippen molar-refractivity contribution in [3.05, 3.63) is 65.2 Å². The largest absolute Gasteiger partial charge is 0.475 e. The van der Waals surface area contributed by atoms with Gasteiger partial charge in [0.05, 0.1) is 29.3 Å². The van der Waals surface area contributed by atoms with Gasteiger partial charge in [0.1, 0.15) is 6.61 Å². The SMILES string of the molecule is Cc1cccc(C)c1-c1cc2nc(n1)NS(=O)(=O)c1cccc(c1)C(=O)N(CCC1CCC(C)(C)CO1)[C@H](CC(C)(C)C)CO2. The Balaban J connectivity index is 1.58. The van der Waals surface area contributed by atoms with E-state index >= 15 is 0 Å². The number of hydrogen-bond acceptors (Lipinski definition) is 7. The number of ether oxygens (including phenoxy) is 2. The van der Waals surface area contributed by atoms with E-state index in [-0.39, 0.29) is 52.2 Å². The van der Waals surface area contributed by atoms with E-state index in [1.165, 1.54) is 12.1 Å². The van der Waals surface area contributed by atoms with Crippen molar-refractivity contribution < 1.29 is 22.7 Å². The molecule has 0 radical (unpaired) electrons. The fourth-order valence-electron chi connectivity index (χ4n) is 6.19. The highest BCUT2D eigenvalue weighted by Crippen LogP contribution is 2.33. The summed E-state index contributed by atoms with van der Waals surface area (Å²) in [6.45, 7) is 16.1. The number of hydrogen-bond donors (Lipinski definition) is 1. The monoisotopic (exact) mass is 634 g/mol. The number of benzene rings is 2. The lowest BCUT2D eigenvalue weighted by molar-refractivity contribution is -0.0551. The van der Waals surface area contributed by atoms with Gasteiger partial charge in [0.2, 0.25) is 11.8 Å². The topological polar surface area (TPSA) is 111 Å². The third kappa shape index (κ3) is 8.02. The summed E-state index contributed by atoms with van der Waals surface area (Å²) in [5, 5.41) is 0. The van der Waals surface area contributed by atoms with Crippen molar-refractivity contribution in [2.75, 3.05) is 24.5 Å². The number of aryl methyl sites for hydroxylation is 2. The van der Waals surface area contributed by atoms with Crippen LogP contribution in [0.1, 0.15) is 81.8 Å². The maximum atomic E-state index is 14.3. The number of sulfonamides is 1. The lowest BCUT2D eigenvalue weighted by atomic mass is 9.84. The molecule has 4 bridgehead atoms. The van der Waals surface area contributed by atoms with E-state index in [1.54, 1.807) is 18.2 Å². The fourth-order valence-corrected chi connectivity index (χ4v) is 7.18. The first-order chi connectivity index (χ1) is 21.1. The highest BCUT2D eigenvalue weighted by atomic mass is 32.2. The van der Waals surface area contributed by atoms with Crippen LogP contribution in [-0.2, 0) is 14.8 Å². The third-order valence-electron chi connectivity index (χ3n) is 8.57. The number of aromatic nitrogens is 2. The van der Waals surface area contributed by atoms with E-state index in [0.717, 1.165) is 29.5 Å². The first-order valence-corrected chi connectivity index (χ1v) is 17.2.